The van der Waals surface area contributed by atoms with Gasteiger partial charge >= 0.3 is 16.4 Å². The Morgan fingerprint density at radius 3 is 2.64 bits per heavy atom. The number of piperidine rings is 1. The summed E-state index contributed by atoms with van der Waals surface area (Å²) in [5, 5.41) is 0.624. The molecule has 3 amide bonds. The summed E-state index contributed by atoms with van der Waals surface area (Å²) in [5.41, 5.74) is 2.49. The molecule has 4 fully saturated rings. The maximum Gasteiger partial charge on any atom is 0.418 e. The summed E-state index contributed by atoms with van der Waals surface area (Å²) < 4.78 is 34.9. The van der Waals surface area contributed by atoms with Crippen LogP contribution in [0.2, 0.25) is 0 Å². The zero-order valence-electron chi connectivity index (χ0n) is 13.5. The van der Waals surface area contributed by atoms with Gasteiger partial charge in [-0.3, -0.25) is 14.2 Å². The van der Waals surface area contributed by atoms with Crippen LogP contribution in [0.5, 0.6) is 0 Å². The van der Waals surface area contributed by atoms with E-state index >= 15 is 0 Å². The zero-order chi connectivity index (χ0) is 17.8. The van der Waals surface area contributed by atoms with E-state index in [4.69, 9.17) is 9.39 Å². The fraction of sp³-hybridized carbons (Fsp3) is 0.857. The van der Waals surface area contributed by atoms with Crippen LogP contribution in [-0.2, 0) is 24.3 Å². The molecule has 4 bridgehead atoms. The Morgan fingerprint density at radius 1 is 1.20 bits per heavy atom. The largest absolute Gasteiger partial charge is 0.418 e. The van der Waals surface area contributed by atoms with Crippen molar-refractivity contribution in [3.8, 4) is 0 Å². The zero-order valence-corrected chi connectivity index (χ0v) is 14.4. The molecule has 0 spiro atoms. The summed E-state index contributed by atoms with van der Waals surface area (Å²) in [5.74, 6) is 0.769. The Balaban J connectivity index is 1.35. The second-order valence-corrected chi connectivity index (χ2v) is 8.31. The Bertz CT molecular complexity index is 684. The number of amides is 3. The minimum absolute atomic E-state index is 0.0349. The van der Waals surface area contributed by atoms with Crippen molar-refractivity contribution in [1.29, 1.82) is 0 Å². The summed E-state index contributed by atoms with van der Waals surface area (Å²) in [6, 6.07) is -2.00. The van der Waals surface area contributed by atoms with Crippen molar-refractivity contribution < 1.29 is 31.7 Å². The van der Waals surface area contributed by atoms with E-state index in [1.807, 2.05) is 0 Å². The van der Waals surface area contributed by atoms with Gasteiger partial charge in [0.2, 0.25) is 0 Å². The Hall–Kier alpha value is -1.43. The number of hydrogen-bond donors (Lipinski definition) is 2. The molecule has 2 aliphatic carbocycles. The molecule has 10 nitrogen and oxygen atoms in total. The maximum absolute atomic E-state index is 12.4. The van der Waals surface area contributed by atoms with Crippen molar-refractivity contribution >= 4 is 22.3 Å². The number of nitrogens with one attached hydrogen (secondary N) is 1. The molecule has 4 aliphatic rings. The first-order valence-electron chi connectivity index (χ1n) is 8.54. The van der Waals surface area contributed by atoms with Gasteiger partial charge in [-0.1, -0.05) is 0 Å². The Labute approximate surface area is 145 Å². The molecule has 2 N–H and O–H groups in total. The van der Waals surface area contributed by atoms with Crippen LogP contribution < -0.4 is 5.48 Å². The number of fused-ring (bicyclic) bond motifs is 4. The van der Waals surface area contributed by atoms with Crippen molar-refractivity contribution in [2.24, 2.45) is 11.8 Å². The van der Waals surface area contributed by atoms with Gasteiger partial charge in [0.05, 0.1) is 12.1 Å². The monoisotopic (exact) mass is 375 g/mol. The normalized spacial score (nSPS) is 37.0. The highest BCUT2D eigenvalue weighted by Crippen LogP contribution is 2.45. The summed E-state index contributed by atoms with van der Waals surface area (Å²) in [4.78, 5) is 31.5. The second-order valence-electron chi connectivity index (χ2n) is 7.31. The molecule has 0 aromatic rings. The Kier molecular flexibility index (Phi) is 4.13. The topological polar surface area (TPSA) is 125 Å². The minimum atomic E-state index is -4.79. The first-order valence-corrected chi connectivity index (χ1v) is 9.90. The highest BCUT2D eigenvalue weighted by Gasteiger charge is 2.49. The van der Waals surface area contributed by atoms with Crippen molar-refractivity contribution in [3.63, 3.8) is 0 Å². The van der Waals surface area contributed by atoms with E-state index in [2.05, 4.69) is 9.76 Å². The summed E-state index contributed by atoms with van der Waals surface area (Å²) >= 11 is 0. The molecule has 25 heavy (non-hydrogen) atoms. The standard InChI is InChI=1S/C14H21N3O7S/c18-13(15-23-12-6-8-1-2-9(12)5-8)11-4-3-10-7-16(11)14(19)17(10)24-25(20,21)22/h8-12H,1-7H2,(H,15,18)(H,20,21,22)/t8?,9?,10-,11+,12?/m1/s1. The van der Waals surface area contributed by atoms with Gasteiger partial charge in [0, 0.05) is 6.54 Å². The average Bonchev–Trinajstić information content (AvgIpc) is 3.23. The Morgan fingerprint density at radius 2 is 2.00 bits per heavy atom. The lowest BCUT2D eigenvalue weighted by Crippen LogP contribution is -2.50. The molecule has 11 heteroatoms. The average molecular weight is 375 g/mol. The third-order valence-electron chi connectivity index (χ3n) is 5.78. The molecule has 0 aromatic heterocycles. The number of hydroxylamine groups is 3. The lowest BCUT2D eigenvalue weighted by atomic mass is 9.98. The van der Waals surface area contributed by atoms with Crippen molar-refractivity contribution in [3.05, 3.63) is 0 Å². The third kappa shape index (κ3) is 3.21. The molecule has 0 radical (unpaired) electrons. The van der Waals surface area contributed by atoms with E-state index in [9.17, 15) is 18.0 Å². The highest BCUT2D eigenvalue weighted by molar-refractivity contribution is 7.80. The first kappa shape index (κ1) is 17.0. The maximum atomic E-state index is 12.4. The number of urea groups is 1. The van der Waals surface area contributed by atoms with Crippen LogP contribution in [0.4, 0.5) is 4.79 Å². The van der Waals surface area contributed by atoms with Crippen LogP contribution in [0, 0.1) is 11.8 Å². The van der Waals surface area contributed by atoms with Gasteiger partial charge in [0.15, 0.2) is 0 Å². The second kappa shape index (κ2) is 6.08. The number of nitrogens with zero attached hydrogens (tertiary/aromatic N) is 2. The summed E-state index contributed by atoms with van der Waals surface area (Å²) in [6.45, 7) is 0.167. The number of rotatable bonds is 5. The summed E-state index contributed by atoms with van der Waals surface area (Å²) in [7, 11) is -4.79. The van der Waals surface area contributed by atoms with Gasteiger partial charge in [-0.05, 0) is 50.4 Å². The van der Waals surface area contributed by atoms with Crippen LogP contribution in [0.25, 0.3) is 0 Å². The fourth-order valence-electron chi connectivity index (χ4n) is 4.64. The van der Waals surface area contributed by atoms with Crippen LogP contribution in [0.15, 0.2) is 0 Å². The van der Waals surface area contributed by atoms with E-state index in [1.165, 1.54) is 11.3 Å². The van der Waals surface area contributed by atoms with E-state index < -0.39 is 34.4 Å². The van der Waals surface area contributed by atoms with Gasteiger partial charge in [0.25, 0.3) is 5.91 Å². The predicted octanol–water partition coefficient (Wildman–Crippen LogP) is 0.226. The molecular formula is C14H21N3O7S. The molecule has 2 saturated heterocycles. The SMILES string of the molecule is O=C(NOC1CC2CCC1C2)[C@@H]1CC[C@@H]2CN1C(=O)N2OS(=O)(=O)O. The molecule has 5 atom stereocenters. The van der Waals surface area contributed by atoms with E-state index in [1.54, 1.807) is 0 Å². The van der Waals surface area contributed by atoms with Crippen molar-refractivity contribution in [2.45, 2.75) is 56.7 Å². The van der Waals surface area contributed by atoms with E-state index in [-0.39, 0.29) is 12.6 Å². The quantitative estimate of drug-likeness (QED) is 0.520. The third-order valence-corrected chi connectivity index (χ3v) is 6.13. The number of carbonyl (C=O) groups is 2. The smallest absolute Gasteiger partial charge is 0.309 e. The van der Waals surface area contributed by atoms with Gasteiger partial charge in [-0.25, -0.2) is 10.3 Å². The highest BCUT2D eigenvalue weighted by atomic mass is 32.3. The van der Waals surface area contributed by atoms with Gasteiger partial charge < -0.3 is 4.90 Å². The summed E-state index contributed by atoms with van der Waals surface area (Å²) in [6.07, 6.45) is 5.26. The molecule has 4 rings (SSSR count). The van der Waals surface area contributed by atoms with Crippen LogP contribution in [0.3, 0.4) is 0 Å². The van der Waals surface area contributed by atoms with Gasteiger partial charge in [0.1, 0.15) is 6.04 Å². The lowest BCUT2D eigenvalue weighted by Gasteiger charge is -2.30. The number of carbonyl (C=O) groups excluding carboxylic acids is 2. The first-order chi connectivity index (χ1) is 11.8. The molecule has 3 unspecified atom stereocenters. The van der Waals surface area contributed by atoms with Crippen LogP contribution in [-0.4, -0.2) is 59.6 Å². The molecule has 0 aromatic carbocycles. The molecular weight excluding hydrogens is 354 g/mol. The molecule has 140 valence electrons. The van der Waals surface area contributed by atoms with Crippen molar-refractivity contribution in [2.75, 3.05) is 6.54 Å². The molecule has 2 heterocycles. The fourth-order valence-corrected chi connectivity index (χ4v) is 5.03. The lowest BCUT2D eigenvalue weighted by molar-refractivity contribution is -0.146. The number of hydrogen-bond acceptors (Lipinski definition) is 6. The van der Waals surface area contributed by atoms with Gasteiger partial charge in [-0.15, -0.1) is 4.28 Å². The van der Waals surface area contributed by atoms with E-state index in [0.717, 1.165) is 19.3 Å². The van der Waals surface area contributed by atoms with Crippen molar-refractivity contribution in [1.82, 2.24) is 15.4 Å². The predicted molar refractivity (Wildman–Crippen MR) is 81.8 cm³/mol. The van der Waals surface area contributed by atoms with Gasteiger partial charge in [-0.2, -0.15) is 13.5 Å². The molecule has 2 saturated carbocycles. The molecule has 2 aliphatic heterocycles. The van der Waals surface area contributed by atoms with Crippen LogP contribution in [0.1, 0.15) is 38.5 Å². The van der Waals surface area contributed by atoms with E-state index in [0.29, 0.717) is 29.7 Å². The minimum Gasteiger partial charge on any atom is -0.309 e. The van der Waals surface area contributed by atoms with Crippen LogP contribution >= 0.6 is 0 Å².